The molecule has 1 aromatic heterocycles. The van der Waals surface area contributed by atoms with E-state index < -0.39 is 6.04 Å². The van der Waals surface area contributed by atoms with E-state index in [2.05, 4.69) is 10.4 Å². The highest BCUT2D eigenvalue weighted by Crippen LogP contribution is 2.22. The van der Waals surface area contributed by atoms with E-state index in [0.717, 1.165) is 10.2 Å². The minimum atomic E-state index is -0.537. The second-order valence-electron chi connectivity index (χ2n) is 7.70. The molecule has 1 unspecified atom stereocenters. The molecule has 0 spiro atoms. The maximum Gasteiger partial charge on any atom is 0.267 e. The van der Waals surface area contributed by atoms with E-state index in [9.17, 15) is 14.4 Å². The number of amides is 2. The third-order valence-corrected chi connectivity index (χ3v) is 5.24. The number of nitrogens with one attached hydrogen (secondary N) is 1. The van der Waals surface area contributed by atoms with Crippen LogP contribution in [0.25, 0.3) is 11.3 Å². The number of thioether (sulfide) groups is 1. The number of benzene rings is 1. The van der Waals surface area contributed by atoms with Crippen LogP contribution in [0.3, 0.4) is 0 Å². The number of nitrogens with zero attached hydrogens (tertiary/aromatic N) is 3. The Bertz CT molecular complexity index is 921. The quantitative estimate of drug-likeness (QED) is 0.845. The Hall–Kier alpha value is -2.61. The summed E-state index contributed by atoms with van der Waals surface area (Å²) in [7, 11) is 0. The largest absolute Gasteiger partial charge is 0.350 e. The van der Waals surface area contributed by atoms with E-state index in [0.29, 0.717) is 17.3 Å². The van der Waals surface area contributed by atoms with Gasteiger partial charge in [-0.3, -0.25) is 14.4 Å². The molecule has 0 bridgehead atoms. The average Bonchev–Trinajstić information content (AvgIpc) is 3.13. The Balaban J connectivity index is 1.77. The van der Waals surface area contributed by atoms with Crippen molar-refractivity contribution in [1.29, 1.82) is 0 Å². The van der Waals surface area contributed by atoms with Crippen LogP contribution in [0.5, 0.6) is 0 Å². The highest BCUT2D eigenvalue weighted by molar-refractivity contribution is 7.99. The van der Waals surface area contributed by atoms with Crippen LogP contribution < -0.4 is 10.9 Å². The molecular formula is C20H24N4O3S. The maximum absolute atomic E-state index is 12.8. The normalized spacial score (nSPS) is 16.8. The van der Waals surface area contributed by atoms with Gasteiger partial charge in [0.2, 0.25) is 11.8 Å². The topological polar surface area (TPSA) is 84.3 Å². The maximum atomic E-state index is 12.8. The number of carbonyl (C=O) groups is 2. The molecule has 2 heterocycles. The van der Waals surface area contributed by atoms with Gasteiger partial charge in [-0.25, -0.2) is 4.68 Å². The third-order valence-electron chi connectivity index (χ3n) is 4.22. The van der Waals surface area contributed by atoms with E-state index in [1.807, 2.05) is 51.1 Å². The Morgan fingerprint density at radius 3 is 2.57 bits per heavy atom. The SMILES string of the molecule is CC(C)(C)NC(=O)C1CSCN1C(=O)Cn1nc(-c2ccccc2)ccc1=O. The van der Waals surface area contributed by atoms with E-state index in [1.165, 1.54) is 22.7 Å². The zero-order chi connectivity index (χ0) is 20.3. The number of aromatic nitrogens is 2. The predicted molar refractivity (Wildman–Crippen MR) is 110 cm³/mol. The van der Waals surface area contributed by atoms with Crippen LogP contribution in [0.2, 0.25) is 0 Å². The Morgan fingerprint density at radius 1 is 1.18 bits per heavy atom. The van der Waals surface area contributed by atoms with Crippen molar-refractivity contribution in [2.24, 2.45) is 0 Å². The molecule has 3 rings (SSSR count). The third kappa shape index (κ3) is 4.81. The molecule has 1 atom stereocenters. The first-order valence-corrected chi connectivity index (χ1v) is 10.2. The van der Waals surface area contributed by atoms with Crippen LogP contribution >= 0.6 is 11.8 Å². The molecule has 148 valence electrons. The molecule has 2 amide bonds. The molecule has 1 aromatic carbocycles. The monoisotopic (exact) mass is 400 g/mol. The minimum absolute atomic E-state index is 0.177. The van der Waals surface area contributed by atoms with E-state index >= 15 is 0 Å². The van der Waals surface area contributed by atoms with Gasteiger partial charge in [-0.15, -0.1) is 11.8 Å². The van der Waals surface area contributed by atoms with Crippen LogP contribution in [0.1, 0.15) is 20.8 Å². The summed E-state index contributed by atoms with van der Waals surface area (Å²) in [6, 6.07) is 12.0. The number of carbonyl (C=O) groups excluding carboxylic acids is 2. The smallest absolute Gasteiger partial charge is 0.267 e. The van der Waals surface area contributed by atoms with Crippen molar-refractivity contribution in [2.75, 3.05) is 11.6 Å². The number of hydrogen-bond donors (Lipinski definition) is 1. The van der Waals surface area contributed by atoms with Crippen LogP contribution in [-0.4, -0.2) is 49.7 Å². The molecule has 1 aliphatic rings. The molecule has 1 saturated heterocycles. The van der Waals surface area contributed by atoms with E-state index in [1.54, 1.807) is 6.07 Å². The summed E-state index contributed by atoms with van der Waals surface area (Å²) in [5.74, 6) is 0.497. The fourth-order valence-electron chi connectivity index (χ4n) is 2.90. The summed E-state index contributed by atoms with van der Waals surface area (Å²) in [5, 5.41) is 7.25. The molecule has 0 radical (unpaired) electrons. The Labute approximate surface area is 168 Å². The van der Waals surface area contributed by atoms with Gasteiger partial charge in [-0.1, -0.05) is 30.3 Å². The lowest BCUT2D eigenvalue weighted by Gasteiger charge is -2.27. The number of hydrogen-bond acceptors (Lipinski definition) is 5. The lowest BCUT2D eigenvalue weighted by Crippen LogP contribution is -2.53. The van der Waals surface area contributed by atoms with Crippen molar-refractivity contribution in [3.63, 3.8) is 0 Å². The van der Waals surface area contributed by atoms with Gasteiger partial charge in [0.15, 0.2) is 0 Å². The van der Waals surface area contributed by atoms with Gasteiger partial charge in [0, 0.05) is 22.9 Å². The van der Waals surface area contributed by atoms with Gasteiger partial charge >= 0.3 is 0 Å². The second-order valence-corrected chi connectivity index (χ2v) is 8.70. The first-order chi connectivity index (χ1) is 13.2. The number of rotatable bonds is 4. The summed E-state index contributed by atoms with van der Waals surface area (Å²) in [5.41, 5.74) is 0.755. The summed E-state index contributed by atoms with van der Waals surface area (Å²) in [4.78, 5) is 39.1. The van der Waals surface area contributed by atoms with Crippen LogP contribution in [0.4, 0.5) is 0 Å². The molecule has 1 N–H and O–H groups in total. The van der Waals surface area contributed by atoms with Gasteiger partial charge in [0.05, 0.1) is 11.6 Å². The lowest BCUT2D eigenvalue weighted by molar-refractivity contribution is -0.139. The van der Waals surface area contributed by atoms with Gasteiger partial charge in [-0.05, 0) is 26.8 Å². The van der Waals surface area contributed by atoms with E-state index in [-0.39, 0.29) is 29.5 Å². The Kier molecular flexibility index (Phi) is 5.88. The van der Waals surface area contributed by atoms with Gasteiger partial charge in [0.1, 0.15) is 12.6 Å². The molecule has 0 saturated carbocycles. The zero-order valence-corrected chi connectivity index (χ0v) is 17.0. The summed E-state index contributed by atoms with van der Waals surface area (Å²) in [6.45, 7) is 5.51. The van der Waals surface area contributed by atoms with Crippen LogP contribution in [-0.2, 0) is 16.1 Å². The fraction of sp³-hybridized carbons (Fsp3) is 0.400. The molecule has 28 heavy (non-hydrogen) atoms. The van der Waals surface area contributed by atoms with Crippen LogP contribution in [0, 0.1) is 0 Å². The molecule has 1 aliphatic heterocycles. The predicted octanol–water partition coefficient (Wildman–Crippen LogP) is 1.73. The van der Waals surface area contributed by atoms with Crippen LogP contribution in [0.15, 0.2) is 47.3 Å². The standard InChI is InChI=1S/C20H24N4O3S/c1-20(2,3)21-19(27)16-12-28-13-23(16)18(26)11-24-17(25)10-9-15(22-24)14-7-5-4-6-8-14/h4-10,16H,11-13H2,1-3H3,(H,21,27). The van der Waals surface area contributed by atoms with Gasteiger partial charge in [-0.2, -0.15) is 5.10 Å². The molecule has 2 aromatic rings. The minimum Gasteiger partial charge on any atom is -0.350 e. The molecule has 7 nitrogen and oxygen atoms in total. The van der Waals surface area contributed by atoms with Crippen molar-refractivity contribution in [3.05, 3.63) is 52.8 Å². The van der Waals surface area contributed by atoms with Crippen molar-refractivity contribution >= 4 is 23.6 Å². The van der Waals surface area contributed by atoms with Gasteiger partial charge < -0.3 is 10.2 Å². The molecule has 8 heteroatoms. The van der Waals surface area contributed by atoms with E-state index in [4.69, 9.17) is 0 Å². The first kappa shape index (κ1) is 20.1. The average molecular weight is 401 g/mol. The summed E-state index contributed by atoms with van der Waals surface area (Å²) in [6.07, 6.45) is 0. The van der Waals surface area contributed by atoms with Crippen molar-refractivity contribution in [1.82, 2.24) is 20.0 Å². The summed E-state index contributed by atoms with van der Waals surface area (Å²) >= 11 is 1.52. The van der Waals surface area contributed by atoms with Crippen molar-refractivity contribution < 1.29 is 9.59 Å². The Morgan fingerprint density at radius 2 is 1.89 bits per heavy atom. The second kappa shape index (κ2) is 8.18. The highest BCUT2D eigenvalue weighted by Gasteiger charge is 2.36. The zero-order valence-electron chi connectivity index (χ0n) is 16.2. The van der Waals surface area contributed by atoms with Crippen molar-refractivity contribution in [2.45, 2.75) is 38.9 Å². The van der Waals surface area contributed by atoms with Crippen molar-refractivity contribution in [3.8, 4) is 11.3 Å². The lowest BCUT2D eigenvalue weighted by atomic mass is 10.1. The first-order valence-electron chi connectivity index (χ1n) is 9.07. The fourth-order valence-corrected chi connectivity index (χ4v) is 4.08. The molecule has 0 aliphatic carbocycles. The highest BCUT2D eigenvalue weighted by atomic mass is 32.2. The molecule has 1 fully saturated rings. The van der Waals surface area contributed by atoms with Gasteiger partial charge in [0.25, 0.3) is 5.56 Å². The summed E-state index contributed by atoms with van der Waals surface area (Å²) < 4.78 is 1.16. The molecular weight excluding hydrogens is 376 g/mol.